The number of hydrogen-bond donors (Lipinski definition) is 1. The van der Waals surface area contributed by atoms with Gasteiger partial charge < -0.3 is 10.0 Å². The van der Waals surface area contributed by atoms with E-state index in [2.05, 4.69) is 32.6 Å². The van der Waals surface area contributed by atoms with Gasteiger partial charge in [0.2, 0.25) is 0 Å². The quantitative estimate of drug-likeness (QED) is 0.652. The zero-order valence-corrected chi connectivity index (χ0v) is 10.3. The summed E-state index contributed by atoms with van der Waals surface area (Å²) in [5, 5.41) is 8.81. The highest BCUT2D eigenvalue weighted by atomic mass is 16.3. The smallest absolute Gasteiger partial charge is 0.0443 e. The molecular formula is C12H27NO. The minimum atomic E-state index is 0.311. The Balaban J connectivity index is 3.82. The zero-order valence-electron chi connectivity index (χ0n) is 10.3. The van der Waals surface area contributed by atoms with Gasteiger partial charge in [0.05, 0.1) is 0 Å². The molecule has 1 N–H and O–H groups in total. The fourth-order valence-corrected chi connectivity index (χ4v) is 1.82. The van der Waals surface area contributed by atoms with E-state index in [1.807, 2.05) is 0 Å². The molecule has 0 aliphatic rings. The Morgan fingerprint density at radius 1 is 1.21 bits per heavy atom. The van der Waals surface area contributed by atoms with E-state index in [-0.39, 0.29) is 0 Å². The van der Waals surface area contributed by atoms with Crippen molar-refractivity contribution in [3.05, 3.63) is 0 Å². The summed E-state index contributed by atoms with van der Waals surface area (Å²) < 4.78 is 0. The van der Waals surface area contributed by atoms with Gasteiger partial charge >= 0.3 is 0 Å². The fourth-order valence-electron chi connectivity index (χ4n) is 1.82. The zero-order chi connectivity index (χ0) is 11.0. The number of rotatable bonds is 8. The second-order valence-electron chi connectivity index (χ2n) is 4.56. The summed E-state index contributed by atoms with van der Waals surface area (Å²) in [5.41, 5.74) is 0. The van der Waals surface area contributed by atoms with Crippen molar-refractivity contribution in [1.29, 1.82) is 0 Å². The van der Waals surface area contributed by atoms with Crippen molar-refractivity contribution in [3.8, 4) is 0 Å². The Morgan fingerprint density at radius 2 is 1.86 bits per heavy atom. The molecule has 2 nitrogen and oxygen atoms in total. The molecule has 1 atom stereocenters. The van der Waals surface area contributed by atoms with Crippen LogP contribution in [0.4, 0.5) is 0 Å². The van der Waals surface area contributed by atoms with Crippen molar-refractivity contribution >= 4 is 0 Å². The van der Waals surface area contributed by atoms with Crippen molar-refractivity contribution in [2.45, 2.75) is 53.0 Å². The molecule has 0 heterocycles. The highest BCUT2D eigenvalue weighted by Crippen LogP contribution is 2.10. The van der Waals surface area contributed by atoms with Crippen LogP contribution in [0.3, 0.4) is 0 Å². The number of hydrogen-bond acceptors (Lipinski definition) is 2. The first-order valence-corrected chi connectivity index (χ1v) is 5.96. The summed E-state index contributed by atoms with van der Waals surface area (Å²) in [4.78, 5) is 2.47. The summed E-state index contributed by atoms with van der Waals surface area (Å²) in [6.45, 7) is 11.5. The molecule has 0 fully saturated rings. The van der Waals surface area contributed by atoms with Crippen molar-refractivity contribution < 1.29 is 5.11 Å². The lowest BCUT2D eigenvalue weighted by Crippen LogP contribution is -2.35. The Labute approximate surface area is 89.3 Å². The maximum Gasteiger partial charge on any atom is 0.0443 e. The molecule has 0 rings (SSSR count). The molecule has 2 heteroatoms. The maximum absolute atomic E-state index is 8.81. The lowest BCUT2D eigenvalue weighted by atomic mass is 10.0. The van der Waals surface area contributed by atoms with E-state index in [1.165, 1.54) is 19.4 Å². The molecule has 0 radical (unpaired) electrons. The van der Waals surface area contributed by atoms with Crippen LogP contribution in [0.15, 0.2) is 0 Å². The number of aliphatic hydroxyl groups excluding tert-OH is 1. The van der Waals surface area contributed by atoms with E-state index in [4.69, 9.17) is 5.11 Å². The average molecular weight is 201 g/mol. The van der Waals surface area contributed by atoms with Crippen LogP contribution < -0.4 is 0 Å². The van der Waals surface area contributed by atoms with Gasteiger partial charge in [-0.3, -0.25) is 0 Å². The fraction of sp³-hybridized carbons (Fsp3) is 1.00. The lowest BCUT2D eigenvalue weighted by Gasteiger charge is -2.29. The summed E-state index contributed by atoms with van der Waals surface area (Å²) in [7, 11) is 0. The van der Waals surface area contributed by atoms with Crippen LogP contribution >= 0.6 is 0 Å². The highest BCUT2D eigenvalue weighted by Gasteiger charge is 2.12. The molecule has 0 bridgehead atoms. The Bertz CT molecular complexity index is 125. The van der Waals surface area contributed by atoms with Crippen LogP contribution in [0.2, 0.25) is 0 Å². The Morgan fingerprint density at radius 3 is 2.29 bits per heavy atom. The molecule has 0 aliphatic carbocycles. The third-order valence-electron chi connectivity index (χ3n) is 2.66. The van der Waals surface area contributed by atoms with E-state index in [0.29, 0.717) is 12.6 Å². The van der Waals surface area contributed by atoms with Crippen LogP contribution in [0.1, 0.15) is 47.0 Å². The van der Waals surface area contributed by atoms with Gasteiger partial charge in [-0.25, -0.2) is 0 Å². The summed E-state index contributed by atoms with van der Waals surface area (Å²) >= 11 is 0. The monoisotopic (exact) mass is 201 g/mol. The van der Waals surface area contributed by atoms with Crippen molar-refractivity contribution in [2.75, 3.05) is 19.7 Å². The van der Waals surface area contributed by atoms with Gasteiger partial charge in [-0.2, -0.15) is 0 Å². The third-order valence-corrected chi connectivity index (χ3v) is 2.66. The van der Waals surface area contributed by atoms with E-state index in [9.17, 15) is 0 Å². The number of nitrogens with zero attached hydrogens (tertiary/aromatic N) is 1. The van der Waals surface area contributed by atoms with Gasteiger partial charge in [0, 0.05) is 25.7 Å². The molecule has 0 saturated carbocycles. The number of aliphatic hydroxyl groups is 1. The molecule has 0 amide bonds. The second kappa shape index (κ2) is 8.25. The Kier molecular flexibility index (Phi) is 8.20. The molecule has 0 saturated heterocycles. The minimum Gasteiger partial charge on any atom is -0.396 e. The van der Waals surface area contributed by atoms with Crippen LogP contribution in [0.25, 0.3) is 0 Å². The predicted molar refractivity (Wildman–Crippen MR) is 62.5 cm³/mol. The predicted octanol–water partition coefficient (Wildman–Crippen LogP) is 2.52. The van der Waals surface area contributed by atoms with Crippen molar-refractivity contribution in [2.24, 2.45) is 5.92 Å². The molecule has 0 aromatic carbocycles. The van der Waals surface area contributed by atoms with Crippen LogP contribution in [-0.2, 0) is 0 Å². The largest absolute Gasteiger partial charge is 0.396 e. The first-order valence-electron chi connectivity index (χ1n) is 5.96. The van der Waals surface area contributed by atoms with Crippen molar-refractivity contribution in [1.82, 2.24) is 4.90 Å². The molecule has 14 heavy (non-hydrogen) atoms. The molecular weight excluding hydrogens is 174 g/mol. The maximum atomic E-state index is 8.81. The summed E-state index contributed by atoms with van der Waals surface area (Å²) in [5.74, 6) is 0.779. The van der Waals surface area contributed by atoms with E-state index < -0.39 is 0 Å². The second-order valence-corrected chi connectivity index (χ2v) is 4.56. The van der Waals surface area contributed by atoms with Gasteiger partial charge in [-0.05, 0) is 32.6 Å². The van der Waals surface area contributed by atoms with Gasteiger partial charge in [0.25, 0.3) is 0 Å². The first kappa shape index (κ1) is 13.9. The third kappa shape index (κ3) is 6.39. The van der Waals surface area contributed by atoms with E-state index in [1.54, 1.807) is 0 Å². The average Bonchev–Trinajstić information content (AvgIpc) is 2.12. The molecule has 86 valence electrons. The van der Waals surface area contributed by atoms with Gasteiger partial charge in [-0.1, -0.05) is 20.3 Å². The highest BCUT2D eigenvalue weighted by molar-refractivity contribution is 4.66. The molecule has 0 spiro atoms. The Hall–Kier alpha value is -0.0800. The SMILES string of the molecule is CCCC(C)CN(CCCO)C(C)C. The van der Waals surface area contributed by atoms with Gasteiger partial charge in [0.1, 0.15) is 0 Å². The van der Waals surface area contributed by atoms with Crippen molar-refractivity contribution in [3.63, 3.8) is 0 Å². The van der Waals surface area contributed by atoms with Gasteiger partial charge in [0.15, 0.2) is 0 Å². The van der Waals surface area contributed by atoms with Crippen LogP contribution in [0.5, 0.6) is 0 Å². The van der Waals surface area contributed by atoms with Crippen LogP contribution in [-0.4, -0.2) is 35.7 Å². The van der Waals surface area contributed by atoms with Crippen LogP contribution in [0, 0.1) is 5.92 Å². The van der Waals surface area contributed by atoms with Gasteiger partial charge in [-0.15, -0.1) is 0 Å². The van der Waals surface area contributed by atoms with E-state index in [0.717, 1.165) is 18.9 Å². The molecule has 0 aromatic heterocycles. The minimum absolute atomic E-state index is 0.311. The molecule has 0 aliphatic heterocycles. The molecule has 1 unspecified atom stereocenters. The first-order chi connectivity index (χ1) is 6.61. The van der Waals surface area contributed by atoms with E-state index >= 15 is 0 Å². The molecule has 0 aromatic rings. The summed E-state index contributed by atoms with van der Waals surface area (Å²) in [6, 6.07) is 0.598. The normalized spacial score (nSPS) is 13.9. The lowest BCUT2D eigenvalue weighted by molar-refractivity contribution is 0.168. The summed E-state index contributed by atoms with van der Waals surface area (Å²) in [6.07, 6.45) is 3.48. The topological polar surface area (TPSA) is 23.5 Å². The standard InChI is InChI=1S/C12H27NO/c1-5-7-12(4)10-13(11(2)3)8-6-9-14/h11-12,14H,5-10H2,1-4H3.